The Balaban J connectivity index is 2.15. The van der Waals surface area contributed by atoms with Crippen molar-refractivity contribution in [2.45, 2.75) is 38.5 Å². The van der Waals surface area contributed by atoms with E-state index in [1.807, 2.05) is 6.07 Å². The second-order valence-corrected chi connectivity index (χ2v) is 5.29. The van der Waals surface area contributed by atoms with Crippen molar-refractivity contribution in [3.63, 3.8) is 0 Å². The fourth-order valence-electron chi connectivity index (χ4n) is 2.07. The van der Waals surface area contributed by atoms with Gasteiger partial charge in [0, 0.05) is 10.7 Å². The van der Waals surface area contributed by atoms with Crippen molar-refractivity contribution < 1.29 is 4.79 Å². The molecule has 0 radical (unpaired) electrons. The van der Waals surface area contributed by atoms with Gasteiger partial charge >= 0.3 is 0 Å². The number of hydrogen-bond acceptors (Lipinski definition) is 2. The van der Waals surface area contributed by atoms with Crippen molar-refractivity contribution in [2.24, 2.45) is 0 Å². The number of rotatable bonds is 2. The minimum Gasteiger partial charge on any atom is -0.287 e. The Labute approximate surface area is 110 Å². The van der Waals surface area contributed by atoms with E-state index < -0.39 is 0 Å². The largest absolute Gasteiger partial charge is 0.287 e. The quantitative estimate of drug-likeness (QED) is 0.761. The van der Waals surface area contributed by atoms with Crippen LogP contribution in [0.25, 0.3) is 0 Å². The van der Waals surface area contributed by atoms with Crippen molar-refractivity contribution in [1.29, 1.82) is 0 Å². The zero-order valence-electron chi connectivity index (χ0n) is 9.79. The molecule has 1 aliphatic carbocycles. The summed E-state index contributed by atoms with van der Waals surface area (Å²) in [7, 11) is 0. The molecule has 1 aromatic rings. The first-order valence-electron chi connectivity index (χ1n) is 6.12. The van der Waals surface area contributed by atoms with Crippen molar-refractivity contribution in [1.82, 2.24) is 4.98 Å². The molecule has 90 valence electrons. The van der Waals surface area contributed by atoms with Gasteiger partial charge in [0.05, 0.1) is 0 Å². The van der Waals surface area contributed by atoms with E-state index in [9.17, 15) is 4.79 Å². The molecular weight excluding hydrogens is 278 g/mol. The van der Waals surface area contributed by atoms with E-state index in [0.29, 0.717) is 5.69 Å². The van der Waals surface area contributed by atoms with Crippen LogP contribution in [0.15, 0.2) is 34.5 Å². The van der Waals surface area contributed by atoms with E-state index in [0.717, 1.165) is 29.3 Å². The fraction of sp³-hybridized carbons (Fsp3) is 0.429. The minimum atomic E-state index is 0.0967. The number of allylic oxidation sites excluding steroid dienone is 2. The molecule has 0 spiro atoms. The Hall–Kier alpha value is -0.960. The summed E-state index contributed by atoms with van der Waals surface area (Å²) in [4.78, 5) is 16.4. The van der Waals surface area contributed by atoms with Gasteiger partial charge in [0.15, 0.2) is 0 Å². The normalized spacial score (nSPS) is 19.9. The van der Waals surface area contributed by atoms with Gasteiger partial charge in [0.2, 0.25) is 5.78 Å². The molecule has 1 heterocycles. The molecular formula is C14H16BrNO. The number of nitrogens with zero attached hydrogens (tertiary/aromatic N) is 1. The van der Waals surface area contributed by atoms with Gasteiger partial charge < -0.3 is 0 Å². The highest BCUT2D eigenvalue weighted by Gasteiger charge is 2.14. The predicted molar refractivity (Wildman–Crippen MR) is 72.1 cm³/mol. The van der Waals surface area contributed by atoms with Crippen LogP contribution in [0.3, 0.4) is 0 Å². The number of carbonyl (C=O) groups excluding carboxylic acids is 1. The molecule has 0 aliphatic heterocycles. The predicted octanol–water partition coefficient (Wildman–Crippen LogP) is 4.31. The zero-order chi connectivity index (χ0) is 12.1. The molecule has 0 fully saturated rings. The first-order chi connectivity index (χ1) is 8.27. The molecule has 0 amide bonds. The number of pyridine rings is 1. The monoisotopic (exact) mass is 293 g/mol. The van der Waals surface area contributed by atoms with Gasteiger partial charge in [-0.2, -0.15) is 0 Å². The third-order valence-electron chi connectivity index (χ3n) is 3.04. The van der Waals surface area contributed by atoms with Crippen LogP contribution in [-0.2, 0) is 0 Å². The lowest BCUT2D eigenvalue weighted by atomic mass is 9.96. The number of carbonyl (C=O) groups is 1. The lowest BCUT2D eigenvalue weighted by Crippen LogP contribution is -2.07. The van der Waals surface area contributed by atoms with E-state index in [1.165, 1.54) is 19.3 Å². The van der Waals surface area contributed by atoms with Gasteiger partial charge in [-0.15, -0.1) is 0 Å². The molecule has 3 heteroatoms. The summed E-state index contributed by atoms with van der Waals surface area (Å²) in [5.74, 6) is 0.0967. The van der Waals surface area contributed by atoms with Crippen molar-refractivity contribution in [3.05, 3.63) is 40.1 Å². The maximum absolute atomic E-state index is 12.2. The summed E-state index contributed by atoms with van der Waals surface area (Å²) in [5.41, 5.74) is 1.50. The van der Waals surface area contributed by atoms with Gasteiger partial charge in [0.25, 0.3) is 0 Å². The van der Waals surface area contributed by atoms with Gasteiger partial charge in [-0.3, -0.25) is 9.78 Å². The van der Waals surface area contributed by atoms with Crippen LogP contribution in [0.1, 0.15) is 49.0 Å². The zero-order valence-corrected chi connectivity index (χ0v) is 11.4. The number of hydrogen-bond donors (Lipinski definition) is 0. The Morgan fingerprint density at radius 2 is 2.00 bits per heavy atom. The SMILES string of the molecule is O=C(/C1=C/CCCCCC1)c1ccc(Br)cn1. The summed E-state index contributed by atoms with van der Waals surface area (Å²) in [6, 6.07) is 3.65. The molecule has 0 N–H and O–H groups in total. The second kappa shape index (κ2) is 6.10. The summed E-state index contributed by atoms with van der Waals surface area (Å²) < 4.78 is 0.903. The van der Waals surface area contributed by atoms with E-state index in [1.54, 1.807) is 12.3 Å². The van der Waals surface area contributed by atoms with Crippen molar-refractivity contribution in [2.75, 3.05) is 0 Å². The van der Waals surface area contributed by atoms with E-state index >= 15 is 0 Å². The summed E-state index contributed by atoms with van der Waals surface area (Å²) >= 11 is 3.32. The highest BCUT2D eigenvalue weighted by molar-refractivity contribution is 9.10. The van der Waals surface area contributed by atoms with Gasteiger partial charge in [-0.05, 0) is 59.3 Å². The molecule has 0 unspecified atom stereocenters. The maximum atomic E-state index is 12.2. The maximum Gasteiger partial charge on any atom is 0.206 e. The van der Waals surface area contributed by atoms with Gasteiger partial charge in [-0.25, -0.2) is 0 Å². The number of halogens is 1. The smallest absolute Gasteiger partial charge is 0.206 e. The van der Waals surface area contributed by atoms with E-state index in [-0.39, 0.29) is 5.78 Å². The lowest BCUT2D eigenvalue weighted by Gasteiger charge is -2.10. The Morgan fingerprint density at radius 1 is 1.18 bits per heavy atom. The highest BCUT2D eigenvalue weighted by atomic mass is 79.9. The van der Waals surface area contributed by atoms with Crippen LogP contribution < -0.4 is 0 Å². The lowest BCUT2D eigenvalue weighted by molar-refractivity contribution is 0.102. The molecule has 1 aliphatic rings. The van der Waals surface area contributed by atoms with Crippen molar-refractivity contribution >= 4 is 21.7 Å². The average molecular weight is 294 g/mol. The van der Waals surface area contributed by atoms with Crippen LogP contribution in [0, 0.1) is 0 Å². The van der Waals surface area contributed by atoms with Gasteiger partial charge in [-0.1, -0.05) is 18.9 Å². The van der Waals surface area contributed by atoms with E-state index in [4.69, 9.17) is 0 Å². The molecule has 2 nitrogen and oxygen atoms in total. The van der Waals surface area contributed by atoms with Gasteiger partial charge in [0.1, 0.15) is 5.69 Å². The minimum absolute atomic E-state index is 0.0967. The molecule has 17 heavy (non-hydrogen) atoms. The fourth-order valence-corrected chi connectivity index (χ4v) is 2.31. The molecule has 0 bridgehead atoms. The third kappa shape index (κ3) is 3.50. The number of aromatic nitrogens is 1. The first-order valence-corrected chi connectivity index (χ1v) is 6.92. The number of Topliss-reactive ketones (excluding diaryl/α,β-unsaturated/α-hetero) is 1. The standard InChI is InChI=1S/C14H16BrNO/c15-12-8-9-13(16-10-12)14(17)11-6-4-2-1-3-5-7-11/h6,8-10H,1-5,7H2/b11-6+. The molecule has 0 saturated heterocycles. The third-order valence-corrected chi connectivity index (χ3v) is 3.51. The van der Waals surface area contributed by atoms with Crippen LogP contribution in [0.4, 0.5) is 0 Å². The highest BCUT2D eigenvalue weighted by Crippen LogP contribution is 2.20. The molecule has 2 rings (SSSR count). The van der Waals surface area contributed by atoms with Crippen LogP contribution in [-0.4, -0.2) is 10.8 Å². The Kier molecular flexibility index (Phi) is 4.49. The van der Waals surface area contributed by atoms with Crippen LogP contribution >= 0.6 is 15.9 Å². The topological polar surface area (TPSA) is 30.0 Å². The van der Waals surface area contributed by atoms with Crippen LogP contribution in [0.5, 0.6) is 0 Å². The average Bonchev–Trinajstić information content (AvgIpc) is 2.29. The molecule has 0 aromatic carbocycles. The first kappa shape index (κ1) is 12.5. The molecule has 0 saturated carbocycles. The Bertz CT molecular complexity index is 422. The summed E-state index contributed by atoms with van der Waals surface area (Å²) in [5, 5.41) is 0. The molecule has 0 atom stereocenters. The second-order valence-electron chi connectivity index (χ2n) is 4.37. The van der Waals surface area contributed by atoms with E-state index in [2.05, 4.69) is 27.0 Å². The Morgan fingerprint density at radius 3 is 2.76 bits per heavy atom. The molecule has 1 aromatic heterocycles. The van der Waals surface area contributed by atoms with Crippen LogP contribution in [0.2, 0.25) is 0 Å². The summed E-state index contributed by atoms with van der Waals surface area (Å²) in [6.45, 7) is 0. The van der Waals surface area contributed by atoms with Crippen molar-refractivity contribution in [3.8, 4) is 0 Å². The number of ketones is 1. The summed E-state index contributed by atoms with van der Waals surface area (Å²) in [6.07, 6.45) is 10.5.